The Labute approximate surface area is 95.4 Å². The van der Waals surface area contributed by atoms with Crippen LogP contribution in [0.3, 0.4) is 0 Å². The van der Waals surface area contributed by atoms with Crippen molar-refractivity contribution in [1.82, 2.24) is 10.2 Å². The van der Waals surface area contributed by atoms with Crippen LogP contribution in [0.2, 0.25) is 0 Å². The molecular formula is C13H28N2. The molecule has 1 aliphatic heterocycles. The van der Waals surface area contributed by atoms with Gasteiger partial charge in [0.05, 0.1) is 0 Å². The predicted octanol–water partition coefficient (Wildman–Crippen LogP) is 2.50. The first-order valence-electron chi connectivity index (χ1n) is 6.72. The summed E-state index contributed by atoms with van der Waals surface area (Å²) in [5.41, 5.74) is 0. The molecule has 0 aliphatic carbocycles. The zero-order chi connectivity index (χ0) is 11.1. The van der Waals surface area contributed by atoms with Gasteiger partial charge in [0.2, 0.25) is 0 Å². The van der Waals surface area contributed by atoms with Crippen LogP contribution in [-0.4, -0.2) is 37.1 Å². The summed E-state index contributed by atoms with van der Waals surface area (Å²) in [5, 5.41) is 3.55. The van der Waals surface area contributed by atoms with E-state index in [1.807, 2.05) is 0 Å². The first-order valence-corrected chi connectivity index (χ1v) is 6.72. The second-order valence-corrected chi connectivity index (χ2v) is 5.01. The van der Waals surface area contributed by atoms with Gasteiger partial charge in [-0.3, -0.25) is 0 Å². The van der Waals surface area contributed by atoms with Crippen LogP contribution in [0.15, 0.2) is 0 Å². The Hall–Kier alpha value is -0.0800. The van der Waals surface area contributed by atoms with Crippen LogP contribution in [0.4, 0.5) is 0 Å². The zero-order valence-electron chi connectivity index (χ0n) is 10.8. The molecule has 1 N–H and O–H groups in total. The van der Waals surface area contributed by atoms with Gasteiger partial charge in [-0.1, -0.05) is 20.3 Å². The average molecular weight is 212 g/mol. The lowest BCUT2D eigenvalue weighted by Gasteiger charge is -2.19. The minimum atomic E-state index is 0.686. The van der Waals surface area contributed by atoms with E-state index in [1.54, 1.807) is 0 Å². The molecule has 0 amide bonds. The second kappa shape index (κ2) is 7.24. The molecule has 15 heavy (non-hydrogen) atoms. The molecule has 90 valence electrons. The van der Waals surface area contributed by atoms with Crippen molar-refractivity contribution in [3.63, 3.8) is 0 Å². The Morgan fingerprint density at radius 3 is 2.80 bits per heavy atom. The molecule has 1 rings (SSSR count). The number of likely N-dealkylation sites (tertiary alicyclic amines) is 1. The van der Waals surface area contributed by atoms with Crippen molar-refractivity contribution in [2.75, 3.05) is 26.2 Å². The maximum atomic E-state index is 3.55. The Morgan fingerprint density at radius 2 is 2.20 bits per heavy atom. The van der Waals surface area contributed by atoms with Gasteiger partial charge in [0, 0.05) is 12.6 Å². The Balaban J connectivity index is 2.04. The van der Waals surface area contributed by atoms with Gasteiger partial charge in [-0.2, -0.15) is 0 Å². The lowest BCUT2D eigenvalue weighted by atomic mass is 10.1. The molecule has 1 saturated heterocycles. The molecule has 2 heteroatoms. The van der Waals surface area contributed by atoms with E-state index in [9.17, 15) is 0 Å². The van der Waals surface area contributed by atoms with Crippen molar-refractivity contribution < 1.29 is 0 Å². The normalized spacial score (nSPS) is 24.6. The summed E-state index contributed by atoms with van der Waals surface area (Å²) < 4.78 is 0. The molecule has 2 nitrogen and oxygen atoms in total. The summed E-state index contributed by atoms with van der Waals surface area (Å²) >= 11 is 0. The minimum Gasteiger partial charge on any atom is -0.314 e. The Kier molecular flexibility index (Phi) is 6.26. The first-order chi connectivity index (χ1) is 7.26. The van der Waals surface area contributed by atoms with Gasteiger partial charge in [-0.05, 0) is 51.7 Å². The Morgan fingerprint density at radius 1 is 1.40 bits per heavy atom. The van der Waals surface area contributed by atoms with Crippen molar-refractivity contribution in [2.45, 2.75) is 52.5 Å². The second-order valence-electron chi connectivity index (χ2n) is 5.01. The highest BCUT2D eigenvalue weighted by molar-refractivity contribution is 4.75. The number of nitrogens with zero attached hydrogens (tertiary/aromatic N) is 1. The number of hydrogen-bond acceptors (Lipinski definition) is 2. The fraction of sp³-hybridized carbons (Fsp3) is 1.00. The monoisotopic (exact) mass is 212 g/mol. The highest BCUT2D eigenvalue weighted by atomic mass is 15.1. The van der Waals surface area contributed by atoms with Gasteiger partial charge in [0.15, 0.2) is 0 Å². The minimum absolute atomic E-state index is 0.686. The van der Waals surface area contributed by atoms with Gasteiger partial charge in [0.25, 0.3) is 0 Å². The van der Waals surface area contributed by atoms with Crippen LogP contribution < -0.4 is 5.32 Å². The van der Waals surface area contributed by atoms with Gasteiger partial charge >= 0.3 is 0 Å². The van der Waals surface area contributed by atoms with E-state index in [0.29, 0.717) is 6.04 Å². The van der Waals surface area contributed by atoms with Crippen LogP contribution in [-0.2, 0) is 0 Å². The van der Waals surface area contributed by atoms with Crippen molar-refractivity contribution >= 4 is 0 Å². The molecule has 1 heterocycles. The highest BCUT2D eigenvalue weighted by Crippen LogP contribution is 2.19. The molecular weight excluding hydrogens is 184 g/mol. The maximum absolute atomic E-state index is 3.55. The van der Waals surface area contributed by atoms with Crippen molar-refractivity contribution in [2.24, 2.45) is 5.92 Å². The smallest absolute Gasteiger partial charge is 0.00508 e. The Bertz CT molecular complexity index is 159. The van der Waals surface area contributed by atoms with Crippen molar-refractivity contribution in [3.05, 3.63) is 0 Å². The molecule has 0 radical (unpaired) electrons. The molecule has 0 bridgehead atoms. The molecule has 0 aromatic rings. The molecule has 2 atom stereocenters. The topological polar surface area (TPSA) is 15.3 Å². The van der Waals surface area contributed by atoms with Crippen LogP contribution in [0.5, 0.6) is 0 Å². The molecule has 0 aromatic carbocycles. The lowest BCUT2D eigenvalue weighted by Crippen LogP contribution is -2.32. The third-order valence-electron chi connectivity index (χ3n) is 3.57. The fourth-order valence-electron chi connectivity index (χ4n) is 2.32. The van der Waals surface area contributed by atoms with Gasteiger partial charge in [-0.15, -0.1) is 0 Å². The summed E-state index contributed by atoms with van der Waals surface area (Å²) in [6.45, 7) is 12.0. The van der Waals surface area contributed by atoms with E-state index < -0.39 is 0 Å². The zero-order valence-corrected chi connectivity index (χ0v) is 10.8. The van der Waals surface area contributed by atoms with Crippen LogP contribution in [0.25, 0.3) is 0 Å². The molecule has 0 spiro atoms. The fourth-order valence-corrected chi connectivity index (χ4v) is 2.32. The maximum Gasteiger partial charge on any atom is 0.00508 e. The summed E-state index contributed by atoms with van der Waals surface area (Å²) in [7, 11) is 0. The summed E-state index contributed by atoms with van der Waals surface area (Å²) in [4.78, 5) is 2.64. The largest absolute Gasteiger partial charge is 0.314 e. The number of hydrogen-bond donors (Lipinski definition) is 1. The molecule has 1 aliphatic rings. The van der Waals surface area contributed by atoms with E-state index in [0.717, 1.165) is 5.92 Å². The van der Waals surface area contributed by atoms with Crippen LogP contribution >= 0.6 is 0 Å². The van der Waals surface area contributed by atoms with Crippen molar-refractivity contribution in [1.29, 1.82) is 0 Å². The third kappa shape index (κ3) is 4.98. The number of rotatable bonds is 7. The summed E-state index contributed by atoms with van der Waals surface area (Å²) in [5.74, 6) is 0.976. The molecule has 0 aromatic heterocycles. The van der Waals surface area contributed by atoms with Crippen LogP contribution in [0, 0.1) is 5.92 Å². The molecule has 2 unspecified atom stereocenters. The molecule has 1 fully saturated rings. The average Bonchev–Trinajstić information content (AvgIpc) is 2.71. The first kappa shape index (κ1) is 13.0. The summed E-state index contributed by atoms with van der Waals surface area (Å²) in [6, 6.07) is 0.686. The van der Waals surface area contributed by atoms with Gasteiger partial charge in [0.1, 0.15) is 0 Å². The summed E-state index contributed by atoms with van der Waals surface area (Å²) in [6.07, 6.45) is 5.33. The van der Waals surface area contributed by atoms with E-state index in [-0.39, 0.29) is 0 Å². The highest BCUT2D eigenvalue weighted by Gasteiger charge is 2.20. The van der Waals surface area contributed by atoms with Gasteiger partial charge < -0.3 is 10.2 Å². The van der Waals surface area contributed by atoms with E-state index >= 15 is 0 Å². The van der Waals surface area contributed by atoms with E-state index in [1.165, 1.54) is 51.9 Å². The lowest BCUT2D eigenvalue weighted by molar-refractivity contribution is 0.301. The molecule has 0 saturated carbocycles. The predicted molar refractivity (Wildman–Crippen MR) is 67.2 cm³/mol. The van der Waals surface area contributed by atoms with E-state index in [4.69, 9.17) is 0 Å². The van der Waals surface area contributed by atoms with E-state index in [2.05, 4.69) is 31.0 Å². The standard InChI is InChI=1S/C13H28N2/c1-4-8-14-12(3)6-9-15-10-7-13(5-2)11-15/h12-14H,4-11H2,1-3H3. The quantitative estimate of drug-likeness (QED) is 0.697. The number of nitrogens with one attached hydrogen (secondary N) is 1. The SMILES string of the molecule is CCCNC(C)CCN1CCC(CC)C1. The van der Waals surface area contributed by atoms with Crippen LogP contribution in [0.1, 0.15) is 46.5 Å². The third-order valence-corrected chi connectivity index (χ3v) is 3.57. The van der Waals surface area contributed by atoms with Gasteiger partial charge in [-0.25, -0.2) is 0 Å². The van der Waals surface area contributed by atoms with Crippen molar-refractivity contribution in [3.8, 4) is 0 Å².